The van der Waals surface area contributed by atoms with Crippen LogP contribution in [0.5, 0.6) is 0 Å². The molecule has 0 aliphatic heterocycles. The summed E-state index contributed by atoms with van der Waals surface area (Å²) in [5.41, 5.74) is 16.8. The predicted octanol–water partition coefficient (Wildman–Crippen LogP) is 17.1. The van der Waals surface area contributed by atoms with Gasteiger partial charge in [-0.25, -0.2) is 0 Å². The SMILES string of the molecule is C/C=C\C=C/CN(C1=C(CC)C=CCC=C1)c1ccccc1-c1ccc(N(c2ccc(C/C(C)=C(O)/C(O)=C\C(O)=C\O)cc2)c2ccc3c(c2)C(c2ccccc2)(c2ccccc2)c2ccccc2-3)cc1. The van der Waals surface area contributed by atoms with Crippen LogP contribution in [0.15, 0.2) is 271 Å². The van der Waals surface area contributed by atoms with Gasteiger partial charge in [-0.05, 0) is 137 Å². The molecule has 0 bridgehead atoms. The number of allylic oxidation sites excluding steroid dienone is 10. The van der Waals surface area contributed by atoms with Crippen LogP contribution in [0.3, 0.4) is 0 Å². The number of para-hydroxylation sites is 1. The molecule has 6 nitrogen and oxygen atoms in total. The first kappa shape index (κ1) is 48.3. The van der Waals surface area contributed by atoms with Crippen LogP contribution >= 0.6 is 0 Å². The molecule has 7 aromatic rings. The lowest BCUT2D eigenvalue weighted by molar-refractivity contribution is 0.314. The summed E-state index contributed by atoms with van der Waals surface area (Å²) in [6.45, 7) is 6.68. The van der Waals surface area contributed by atoms with Crippen molar-refractivity contribution in [3.8, 4) is 22.3 Å². The van der Waals surface area contributed by atoms with Crippen molar-refractivity contribution in [2.24, 2.45) is 0 Å². The summed E-state index contributed by atoms with van der Waals surface area (Å²) >= 11 is 0. The third kappa shape index (κ3) is 9.60. The molecule has 0 saturated heterocycles. The molecule has 358 valence electrons. The molecule has 0 unspecified atom stereocenters. The van der Waals surface area contributed by atoms with E-state index in [1.54, 1.807) is 6.92 Å². The first-order valence-corrected chi connectivity index (χ1v) is 24.7. The Hall–Kier alpha value is -8.74. The van der Waals surface area contributed by atoms with Gasteiger partial charge >= 0.3 is 0 Å². The molecule has 0 atom stereocenters. The number of rotatable bonds is 16. The third-order valence-electron chi connectivity index (χ3n) is 13.7. The fraction of sp³-hybridized carbons (Fsp3) is 0.121. The van der Waals surface area contributed by atoms with Gasteiger partial charge in [-0.3, -0.25) is 0 Å². The quantitative estimate of drug-likeness (QED) is 0.0570. The van der Waals surface area contributed by atoms with Crippen LogP contribution in [-0.4, -0.2) is 27.0 Å². The van der Waals surface area contributed by atoms with Crippen molar-refractivity contribution in [1.82, 2.24) is 0 Å². The van der Waals surface area contributed by atoms with Crippen LogP contribution in [0.4, 0.5) is 22.7 Å². The molecule has 2 aliphatic carbocycles. The number of fused-ring (bicyclic) bond motifs is 3. The van der Waals surface area contributed by atoms with Gasteiger partial charge in [-0.1, -0.05) is 183 Å². The molecule has 0 amide bonds. The molecule has 0 spiro atoms. The third-order valence-corrected chi connectivity index (χ3v) is 13.7. The van der Waals surface area contributed by atoms with Gasteiger partial charge in [0, 0.05) is 46.6 Å². The Morgan fingerprint density at radius 3 is 1.89 bits per heavy atom. The molecular weight excluding hydrogens is 885 g/mol. The molecule has 0 heterocycles. The molecule has 0 fully saturated rings. The Morgan fingerprint density at radius 1 is 0.625 bits per heavy atom. The van der Waals surface area contributed by atoms with Gasteiger partial charge in [0.2, 0.25) is 0 Å². The lowest BCUT2D eigenvalue weighted by atomic mass is 9.67. The van der Waals surface area contributed by atoms with Gasteiger partial charge in [-0.2, -0.15) is 0 Å². The zero-order chi connectivity index (χ0) is 50.0. The highest BCUT2D eigenvalue weighted by molar-refractivity contribution is 5.90. The van der Waals surface area contributed by atoms with E-state index in [2.05, 4.69) is 223 Å². The molecule has 9 rings (SSSR count). The Bertz CT molecular complexity index is 3260. The average molecular weight is 945 g/mol. The molecule has 6 heteroatoms. The standard InChI is InChI=1S/C66H60N2O4/c1-4-6-7-21-42-67(62-30-16-8-11-22-49(62)5-2)63-31-20-18-27-57(63)50-34-38-54(39-35-50)68(53-36-32-48(33-37-53)43-47(3)65(72)64(71)45-56(70)46-69)55-40-41-59-58-28-17-19-29-60(58)66(61(59)44-55,51-23-12-9-13-24-51)52-25-14-10-15-26-52/h4,6-7,9-41,44-46,69-72H,5,8,42-43H2,1-3H3/b6-4-,21-7-,56-46-,64-45+,65-47-. The van der Waals surface area contributed by atoms with Gasteiger partial charge in [-0.15, -0.1) is 0 Å². The number of aliphatic hydroxyl groups is 4. The highest BCUT2D eigenvalue weighted by atomic mass is 16.3. The minimum Gasteiger partial charge on any atom is -0.512 e. The van der Waals surface area contributed by atoms with E-state index >= 15 is 0 Å². The maximum atomic E-state index is 10.8. The zero-order valence-electron chi connectivity index (χ0n) is 41.0. The lowest BCUT2D eigenvalue weighted by Gasteiger charge is -2.35. The Morgan fingerprint density at radius 2 is 1.22 bits per heavy atom. The number of anilines is 4. The topological polar surface area (TPSA) is 87.4 Å². The maximum Gasteiger partial charge on any atom is 0.161 e. The van der Waals surface area contributed by atoms with Crippen molar-refractivity contribution in [3.63, 3.8) is 0 Å². The second-order valence-electron chi connectivity index (χ2n) is 18.1. The van der Waals surface area contributed by atoms with Crippen molar-refractivity contribution in [2.75, 3.05) is 16.3 Å². The largest absolute Gasteiger partial charge is 0.512 e. The summed E-state index contributed by atoms with van der Waals surface area (Å²) in [4.78, 5) is 4.74. The fourth-order valence-electron chi connectivity index (χ4n) is 10.3. The number of hydrogen-bond acceptors (Lipinski definition) is 6. The van der Waals surface area contributed by atoms with Crippen LogP contribution in [0, 0.1) is 0 Å². The van der Waals surface area contributed by atoms with Crippen molar-refractivity contribution in [1.29, 1.82) is 0 Å². The summed E-state index contributed by atoms with van der Waals surface area (Å²) in [7, 11) is 0. The van der Waals surface area contributed by atoms with E-state index in [1.165, 1.54) is 44.7 Å². The summed E-state index contributed by atoms with van der Waals surface area (Å²) < 4.78 is 0. The van der Waals surface area contributed by atoms with Crippen molar-refractivity contribution < 1.29 is 20.4 Å². The number of aliphatic hydroxyl groups excluding tert-OH is 4. The first-order valence-electron chi connectivity index (χ1n) is 24.7. The molecule has 7 aromatic carbocycles. The molecule has 0 saturated carbocycles. The fourth-order valence-corrected chi connectivity index (χ4v) is 10.3. The number of hydrogen-bond donors (Lipinski definition) is 4. The van der Waals surface area contributed by atoms with E-state index in [-0.39, 0.29) is 5.76 Å². The minimum atomic E-state index is -0.591. The highest BCUT2D eigenvalue weighted by Gasteiger charge is 2.46. The van der Waals surface area contributed by atoms with E-state index in [4.69, 9.17) is 5.11 Å². The first-order chi connectivity index (χ1) is 35.3. The summed E-state index contributed by atoms with van der Waals surface area (Å²) in [6.07, 6.45) is 21.0. The van der Waals surface area contributed by atoms with Crippen molar-refractivity contribution in [2.45, 2.75) is 45.4 Å². The Labute approximate surface area is 424 Å². The van der Waals surface area contributed by atoms with Gasteiger partial charge in [0.25, 0.3) is 0 Å². The highest BCUT2D eigenvalue weighted by Crippen LogP contribution is 2.57. The molecule has 2 aliphatic rings. The van der Waals surface area contributed by atoms with E-state index in [0.29, 0.717) is 24.8 Å². The van der Waals surface area contributed by atoms with E-state index in [9.17, 15) is 15.3 Å². The smallest absolute Gasteiger partial charge is 0.161 e. The summed E-state index contributed by atoms with van der Waals surface area (Å²) in [6, 6.07) is 63.1. The van der Waals surface area contributed by atoms with E-state index in [0.717, 1.165) is 58.4 Å². The minimum absolute atomic E-state index is 0.334. The lowest BCUT2D eigenvalue weighted by Crippen LogP contribution is -2.28. The number of benzene rings is 7. The Kier molecular flexibility index (Phi) is 14.7. The molecular formula is C66H60N2O4. The molecule has 4 N–H and O–H groups in total. The normalized spacial score (nSPS) is 14.6. The van der Waals surface area contributed by atoms with Crippen molar-refractivity contribution >= 4 is 22.7 Å². The molecule has 0 radical (unpaired) electrons. The van der Waals surface area contributed by atoms with Gasteiger partial charge < -0.3 is 30.2 Å². The van der Waals surface area contributed by atoms with Gasteiger partial charge in [0.15, 0.2) is 17.3 Å². The van der Waals surface area contributed by atoms with Crippen molar-refractivity contribution in [3.05, 3.63) is 299 Å². The monoisotopic (exact) mass is 944 g/mol. The van der Waals surface area contributed by atoms with Crippen LogP contribution in [0.2, 0.25) is 0 Å². The predicted molar refractivity (Wildman–Crippen MR) is 298 cm³/mol. The average Bonchev–Trinajstić information content (AvgIpc) is 3.52. The molecule has 72 heavy (non-hydrogen) atoms. The van der Waals surface area contributed by atoms with Gasteiger partial charge in [0.1, 0.15) is 6.26 Å². The van der Waals surface area contributed by atoms with E-state index < -0.39 is 16.9 Å². The van der Waals surface area contributed by atoms with Crippen LogP contribution in [0.25, 0.3) is 22.3 Å². The Balaban J connectivity index is 1.19. The van der Waals surface area contributed by atoms with Crippen LogP contribution in [0.1, 0.15) is 61.4 Å². The second kappa shape index (κ2) is 21.9. The van der Waals surface area contributed by atoms with Crippen LogP contribution in [-0.2, 0) is 11.8 Å². The number of nitrogens with zero attached hydrogens (tertiary/aromatic N) is 2. The van der Waals surface area contributed by atoms with Gasteiger partial charge in [0.05, 0.1) is 5.41 Å². The maximum absolute atomic E-state index is 10.8. The summed E-state index contributed by atoms with van der Waals surface area (Å²) in [5.74, 6) is -1.48. The zero-order valence-corrected chi connectivity index (χ0v) is 41.0. The molecule has 0 aromatic heterocycles. The second-order valence-corrected chi connectivity index (χ2v) is 18.1. The summed E-state index contributed by atoms with van der Waals surface area (Å²) in [5, 5.41) is 40.1. The van der Waals surface area contributed by atoms with E-state index in [1.807, 2.05) is 25.1 Å². The van der Waals surface area contributed by atoms with Crippen LogP contribution < -0.4 is 9.80 Å².